The Morgan fingerprint density at radius 3 is 2.89 bits per heavy atom. The summed E-state index contributed by atoms with van der Waals surface area (Å²) in [6, 6.07) is 6.22. The number of aryl methyl sites for hydroxylation is 3. The van der Waals surface area contributed by atoms with E-state index in [0.29, 0.717) is 17.1 Å². The molecule has 1 atom stereocenters. The number of hydrogen-bond acceptors (Lipinski definition) is 2. The number of rotatable bonds is 1. The molecule has 1 aliphatic carbocycles. The minimum Gasteiger partial charge on any atom is -0.379 e. The number of hydrogen-bond donors (Lipinski definition) is 1. The van der Waals surface area contributed by atoms with Crippen LogP contribution in [0.5, 0.6) is 0 Å². The van der Waals surface area contributed by atoms with E-state index < -0.39 is 5.60 Å². The number of halogens is 1. The fraction of sp³-hybridized carbons (Fsp3) is 0.357. The third-order valence-electron chi connectivity index (χ3n) is 3.75. The lowest BCUT2D eigenvalue weighted by molar-refractivity contribution is 0.0741. The molecule has 0 bridgehead atoms. The van der Waals surface area contributed by atoms with Gasteiger partial charge >= 0.3 is 0 Å². The van der Waals surface area contributed by atoms with E-state index in [0.717, 1.165) is 17.5 Å². The second kappa shape index (κ2) is 3.84. The fourth-order valence-electron chi connectivity index (χ4n) is 2.87. The summed E-state index contributed by atoms with van der Waals surface area (Å²) < 4.78 is 1.67. The molecule has 0 amide bonds. The Morgan fingerprint density at radius 2 is 2.22 bits per heavy atom. The van der Waals surface area contributed by atoms with Gasteiger partial charge in [0.1, 0.15) is 5.60 Å². The number of aliphatic hydroxyl groups is 1. The third kappa shape index (κ3) is 1.51. The Hall–Kier alpha value is -1.32. The van der Waals surface area contributed by atoms with Crippen LogP contribution < -0.4 is 0 Å². The first-order valence-corrected chi connectivity index (χ1v) is 6.40. The first kappa shape index (κ1) is 11.8. The largest absolute Gasteiger partial charge is 0.379 e. The summed E-state index contributed by atoms with van der Waals surface area (Å²) in [5.74, 6) is 0. The maximum atomic E-state index is 11.0. The van der Waals surface area contributed by atoms with Crippen molar-refractivity contribution < 1.29 is 5.11 Å². The van der Waals surface area contributed by atoms with Crippen molar-refractivity contribution in [2.24, 2.45) is 7.05 Å². The van der Waals surface area contributed by atoms with Gasteiger partial charge in [-0.2, -0.15) is 5.10 Å². The van der Waals surface area contributed by atoms with Crippen molar-refractivity contribution in [3.8, 4) is 0 Å². The number of benzene rings is 1. The van der Waals surface area contributed by atoms with Crippen LogP contribution in [0.25, 0.3) is 0 Å². The van der Waals surface area contributed by atoms with Crippen LogP contribution in [0.15, 0.2) is 24.4 Å². The van der Waals surface area contributed by atoms with Gasteiger partial charge in [-0.05, 0) is 30.9 Å². The van der Waals surface area contributed by atoms with Crippen molar-refractivity contribution in [2.45, 2.75) is 25.4 Å². The predicted octanol–water partition coefficient (Wildman–Crippen LogP) is 2.56. The van der Waals surface area contributed by atoms with Crippen molar-refractivity contribution in [2.75, 3.05) is 0 Å². The van der Waals surface area contributed by atoms with Crippen LogP contribution in [0.4, 0.5) is 0 Å². The Balaban J connectivity index is 2.23. The van der Waals surface area contributed by atoms with Crippen molar-refractivity contribution >= 4 is 11.6 Å². The second-order valence-electron chi connectivity index (χ2n) is 4.99. The van der Waals surface area contributed by atoms with Gasteiger partial charge in [0.2, 0.25) is 0 Å². The molecule has 0 fully saturated rings. The lowest BCUT2D eigenvalue weighted by Gasteiger charge is -2.25. The van der Waals surface area contributed by atoms with E-state index in [1.54, 1.807) is 10.9 Å². The van der Waals surface area contributed by atoms with E-state index in [1.165, 1.54) is 5.56 Å². The molecule has 1 aliphatic rings. The standard InChI is InChI=1S/C14H15ClN2O/c1-9-3-4-10-5-6-14(18,11(10)7-9)13-12(15)8-16-17(13)2/h3-4,7-8,18H,5-6H2,1-2H3. The molecule has 1 N–H and O–H groups in total. The molecule has 1 aromatic heterocycles. The molecule has 1 aromatic carbocycles. The molecule has 18 heavy (non-hydrogen) atoms. The molecule has 94 valence electrons. The quantitative estimate of drug-likeness (QED) is 0.858. The molecule has 0 radical (unpaired) electrons. The first-order valence-electron chi connectivity index (χ1n) is 6.03. The summed E-state index contributed by atoms with van der Waals surface area (Å²) in [7, 11) is 1.81. The fourth-order valence-corrected chi connectivity index (χ4v) is 3.19. The lowest BCUT2D eigenvalue weighted by Crippen LogP contribution is -2.27. The van der Waals surface area contributed by atoms with Crippen LogP contribution in [-0.4, -0.2) is 14.9 Å². The van der Waals surface area contributed by atoms with Gasteiger partial charge in [0.05, 0.1) is 16.9 Å². The van der Waals surface area contributed by atoms with Gasteiger partial charge in [0, 0.05) is 7.05 Å². The molecular weight excluding hydrogens is 248 g/mol. The second-order valence-corrected chi connectivity index (χ2v) is 5.39. The molecule has 0 spiro atoms. The normalized spacial score (nSPS) is 22.2. The highest BCUT2D eigenvalue weighted by molar-refractivity contribution is 6.31. The summed E-state index contributed by atoms with van der Waals surface area (Å²) in [4.78, 5) is 0. The molecule has 1 unspecified atom stereocenters. The van der Waals surface area contributed by atoms with Crippen molar-refractivity contribution in [1.29, 1.82) is 0 Å². The van der Waals surface area contributed by atoms with E-state index in [9.17, 15) is 5.11 Å². The minimum absolute atomic E-state index is 0.523. The summed E-state index contributed by atoms with van der Waals surface area (Å²) >= 11 is 6.18. The van der Waals surface area contributed by atoms with E-state index >= 15 is 0 Å². The average Bonchev–Trinajstić information content (AvgIpc) is 2.82. The van der Waals surface area contributed by atoms with Gasteiger partial charge in [0.25, 0.3) is 0 Å². The number of aromatic nitrogens is 2. The molecule has 0 saturated carbocycles. The van der Waals surface area contributed by atoms with Gasteiger partial charge in [-0.3, -0.25) is 4.68 Å². The highest BCUT2D eigenvalue weighted by atomic mass is 35.5. The Kier molecular flexibility index (Phi) is 2.50. The lowest BCUT2D eigenvalue weighted by atomic mass is 9.91. The van der Waals surface area contributed by atoms with Crippen molar-refractivity contribution in [1.82, 2.24) is 9.78 Å². The Bertz CT molecular complexity index is 601. The van der Waals surface area contributed by atoms with Crippen LogP contribution in [0.3, 0.4) is 0 Å². The zero-order valence-corrected chi connectivity index (χ0v) is 11.2. The van der Waals surface area contributed by atoms with Crippen LogP contribution in [0, 0.1) is 6.92 Å². The summed E-state index contributed by atoms with van der Waals surface area (Å²) in [5, 5.41) is 15.7. The Labute approximate surface area is 111 Å². The molecule has 3 nitrogen and oxygen atoms in total. The number of nitrogens with zero attached hydrogens (tertiary/aromatic N) is 2. The van der Waals surface area contributed by atoms with Gasteiger partial charge < -0.3 is 5.11 Å². The first-order chi connectivity index (χ1) is 8.52. The molecule has 0 saturated heterocycles. The monoisotopic (exact) mass is 262 g/mol. The van der Waals surface area contributed by atoms with E-state index in [2.05, 4.69) is 17.2 Å². The zero-order valence-electron chi connectivity index (χ0n) is 10.4. The van der Waals surface area contributed by atoms with Crippen LogP contribution in [-0.2, 0) is 19.1 Å². The average molecular weight is 263 g/mol. The SMILES string of the molecule is Cc1ccc2c(c1)C(O)(c1c(Cl)cnn1C)CC2. The highest BCUT2D eigenvalue weighted by Gasteiger charge is 2.42. The van der Waals surface area contributed by atoms with Gasteiger partial charge in [-0.1, -0.05) is 35.4 Å². The van der Waals surface area contributed by atoms with Crippen LogP contribution in [0.2, 0.25) is 5.02 Å². The molecule has 4 heteroatoms. The van der Waals surface area contributed by atoms with Gasteiger partial charge in [0.15, 0.2) is 0 Å². The summed E-state index contributed by atoms with van der Waals surface area (Å²) in [6.07, 6.45) is 3.11. The smallest absolute Gasteiger partial charge is 0.133 e. The van der Waals surface area contributed by atoms with Crippen LogP contribution in [0.1, 0.15) is 28.8 Å². The van der Waals surface area contributed by atoms with E-state index in [4.69, 9.17) is 11.6 Å². The molecule has 0 aliphatic heterocycles. The van der Waals surface area contributed by atoms with Crippen molar-refractivity contribution in [3.05, 3.63) is 51.8 Å². The summed E-state index contributed by atoms with van der Waals surface area (Å²) in [5.41, 5.74) is 2.98. The maximum Gasteiger partial charge on any atom is 0.133 e. The molecule has 3 rings (SSSR count). The zero-order chi connectivity index (χ0) is 12.9. The third-order valence-corrected chi connectivity index (χ3v) is 4.03. The topological polar surface area (TPSA) is 38.1 Å². The molecular formula is C14H15ClN2O. The van der Waals surface area contributed by atoms with Gasteiger partial charge in [-0.25, -0.2) is 0 Å². The maximum absolute atomic E-state index is 11.0. The van der Waals surface area contributed by atoms with Gasteiger partial charge in [-0.15, -0.1) is 0 Å². The van der Waals surface area contributed by atoms with E-state index in [1.807, 2.05) is 20.0 Å². The predicted molar refractivity (Wildman–Crippen MR) is 70.7 cm³/mol. The van der Waals surface area contributed by atoms with Crippen molar-refractivity contribution in [3.63, 3.8) is 0 Å². The summed E-state index contributed by atoms with van der Waals surface area (Å²) in [6.45, 7) is 2.03. The number of fused-ring (bicyclic) bond motifs is 1. The van der Waals surface area contributed by atoms with E-state index in [-0.39, 0.29) is 0 Å². The van der Waals surface area contributed by atoms with Crippen LogP contribution >= 0.6 is 11.6 Å². The highest BCUT2D eigenvalue weighted by Crippen LogP contribution is 2.44. The Morgan fingerprint density at radius 1 is 1.44 bits per heavy atom. The molecule has 1 heterocycles. The molecule has 2 aromatic rings. The minimum atomic E-state index is -1.01.